The third kappa shape index (κ3) is 3.05. The summed E-state index contributed by atoms with van der Waals surface area (Å²) < 4.78 is 5.17. The molecule has 0 aliphatic carbocycles. The Morgan fingerprint density at radius 3 is 2.53 bits per heavy atom. The Kier molecular flexibility index (Phi) is 4.06. The molecule has 0 unspecified atom stereocenters. The van der Waals surface area contributed by atoms with Crippen molar-refractivity contribution in [3.8, 4) is 0 Å². The van der Waals surface area contributed by atoms with E-state index in [4.69, 9.17) is 4.74 Å². The van der Waals surface area contributed by atoms with Gasteiger partial charge in [0.05, 0.1) is 11.0 Å². The van der Waals surface area contributed by atoms with E-state index in [1.54, 1.807) is 0 Å². The second-order valence-corrected chi connectivity index (χ2v) is 4.51. The molecule has 1 aromatic rings. The van der Waals surface area contributed by atoms with Crippen LogP contribution < -0.4 is 5.32 Å². The summed E-state index contributed by atoms with van der Waals surface area (Å²) in [4.78, 5) is 30.7. The van der Waals surface area contributed by atoms with E-state index in [0.29, 0.717) is 31.6 Å². The van der Waals surface area contributed by atoms with Gasteiger partial charge in [-0.05, 0) is 12.8 Å². The van der Waals surface area contributed by atoms with Gasteiger partial charge >= 0.3 is 5.97 Å². The van der Waals surface area contributed by atoms with Crippen LogP contribution in [0.3, 0.4) is 0 Å². The minimum absolute atomic E-state index is 0.0828. The Labute approximate surface area is 110 Å². The van der Waals surface area contributed by atoms with Gasteiger partial charge in [-0.3, -0.25) is 9.59 Å². The number of ether oxygens (including phenoxy) is 1. The Balaban J connectivity index is 2.00. The number of carboxylic acids is 1. The van der Waals surface area contributed by atoms with Gasteiger partial charge in [0.15, 0.2) is 0 Å². The molecule has 19 heavy (non-hydrogen) atoms. The highest BCUT2D eigenvalue weighted by atomic mass is 16.5. The van der Waals surface area contributed by atoms with E-state index >= 15 is 0 Å². The fourth-order valence-corrected chi connectivity index (χ4v) is 2.00. The standard InChI is InChI=1S/C12H15N3O4/c16-10(9-5-13-8-14-6-9)15-7-12(11(17)18)1-3-19-4-2-12/h5-6,8H,1-4,7H2,(H,15,16)(H,17,18). The molecule has 7 heteroatoms. The highest BCUT2D eigenvalue weighted by Gasteiger charge is 2.40. The molecule has 2 heterocycles. The number of carbonyl (C=O) groups excluding carboxylic acids is 1. The first-order valence-electron chi connectivity index (χ1n) is 5.98. The van der Waals surface area contributed by atoms with E-state index in [1.807, 2.05) is 0 Å². The SMILES string of the molecule is O=C(NCC1(C(=O)O)CCOCC1)c1cncnc1. The molecule has 1 fully saturated rings. The smallest absolute Gasteiger partial charge is 0.311 e. The van der Waals surface area contributed by atoms with E-state index < -0.39 is 11.4 Å². The van der Waals surface area contributed by atoms with E-state index in [9.17, 15) is 14.7 Å². The lowest BCUT2D eigenvalue weighted by Gasteiger charge is -2.33. The van der Waals surface area contributed by atoms with Gasteiger partial charge in [-0.15, -0.1) is 0 Å². The van der Waals surface area contributed by atoms with Crippen LogP contribution in [0.1, 0.15) is 23.2 Å². The lowest BCUT2D eigenvalue weighted by atomic mass is 9.80. The van der Waals surface area contributed by atoms with Crippen molar-refractivity contribution in [1.82, 2.24) is 15.3 Å². The molecular weight excluding hydrogens is 250 g/mol. The number of rotatable bonds is 4. The summed E-state index contributed by atoms with van der Waals surface area (Å²) in [5.74, 6) is -1.27. The van der Waals surface area contributed by atoms with Crippen molar-refractivity contribution in [2.24, 2.45) is 5.41 Å². The van der Waals surface area contributed by atoms with Crippen molar-refractivity contribution in [2.45, 2.75) is 12.8 Å². The van der Waals surface area contributed by atoms with Gasteiger partial charge in [-0.2, -0.15) is 0 Å². The van der Waals surface area contributed by atoms with Gasteiger partial charge in [0.25, 0.3) is 5.91 Å². The fourth-order valence-electron chi connectivity index (χ4n) is 2.00. The topological polar surface area (TPSA) is 101 Å². The molecule has 0 spiro atoms. The Morgan fingerprint density at radius 1 is 1.32 bits per heavy atom. The molecule has 7 nitrogen and oxygen atoms in total. The normalized spacial score (nSPS) is 17.7. The predicted octanol–water partition coefficient (Wildman–Crippen LogP) is 0.0878. The molecule has 0 bridgehead atoms. The summed E-state index contributed by atoms with van der Waals surface area (Å²) in [7, 11) is 0. The number of amides is 1. The predicted molar refractivity (Wildman–Crippen MR) is 64.5 cm³/mol. The quantitative estimate of drug-likeness (QED) is 0.800. The molecule has 2 N–H and O–H groups in total. The highest BCUT2D eigenvalue weighted by Crippen LogP contribution is 2.30. The summed E-state index contributed by atoms with van der Waals surface area (Å²) in [5, 5.41) is 12.0. The maximum atomic E-state index is 11.8. The maximum Gasteiger partial charge on any atom is 0.311 e. The molecule has 1 amide bonds. The summed E-state index contributed by atoms with van der Waals surface area (Å²) >= 11 is 0. The number of nitrogens with one attached hydrogen (secondary N) is 1. The first-order chi connectivity index (χ1) is 9.14. The highest BCUT2D eigenvalue weighted by molar-refractivity contribution is 5.93. The van der Waals surface area contributed by atoms with Crippen molar-refractivity contribution in [1.29, 1.82) is 0 Å². The number of carboxylic acid groups (broad SMARTS) is 1. The van der Waals surface area contributed by atoms with Crippen LogP contribution in [0, 0.1) is 5.41 Å². The summed E-state index contributed by atoms with van der Waals surface area (Å²) in [5.41, 5.74) is -0.626. The second-order valence-electron chi connectivity index (χ2n) is 4.51. The number of carbonyl (C=O) groups is 2. The average molecular weight is 265 g/mol. The van der Waals surface area contributed by atoms with Crippen LogP contribution in [-0.2, 0) is 9.53 Å². The van der Waals surface area contributed by atoms with Gasteiger partial charge in [-0.1, -0.05) is 0 Å². The van der Waals surface area contributed by atoms with Crippen LogP contribution >= 0.6 is 0 Å². The van der Waals surface area contributed by atoms with Gasteiger partial charge in [-0.25, -0.2) is 9.97 Å². The third-order valence-electron chi connectivity index (χ3n) is 3.31. The minimum atomic E-state index is -0.941. The third-order valence-corrected chi connectivity index (χ3v) is 3.31. The molecule has 102 valence electrons. The maximum absolute atomic E-state index is 11.8. The molecule has 1 aliphatic heterocycles. The zero-order valence-electron chi connectivity index (χ0n) is 10.3. The molecule has 0 radical (unpaired) electrons. The van der Waals surface area contributed by atoms with E-state index in [2.05, 4.69) is 15.3 Å². The zero-order valence-corrected chi connectivity index (χ0v) is 10.3. The zero-order chi connectivity index (χ0) is 13.7. The Hall–Kier alpha value is -2.02. The molecule has 0 atom stereocenters. The minimum Gasteiger partial charge on any atom is -0.481 e. The summed E-state index contributed by atoms with van der Waals surface area (Å²) in [6.07, 6.45) is 4.90. The van der Waals surface area contributed by atoms with Crippen molar-refractivity contribution >= 4 is 11.9 Å². The molecule has 1 saturated heterocycles. The number of hydrogen-bond acceptors (Lipinski definition) is 5. The second kappa shape index (κ2) is 5.75. The molecule has 1 aliphatic rings. The van der Waals surface area contributed by atoms with Crippen LogP contribution in [0.15, 0.2) is 18.7 Å². The molecule has 0 saturated carbocycles. The Bertz CT molecular complexity index is 457. The van der Waals surface area contributed by atoms with Crippen molar-refractivity contribution in [2.75, 3.05) is 19.8 Å². The van der Waals surface area contributed by atoms with Crippen molar-refractivity contribution in [3.05, 3.63) is 24.3 Å². The van der Waals surface area contributed by atoms with Crippen molar-refractivity contribution in [3.63, 3.8) is 0 Å². The summed E-state index contributed by atoms with van der Waals surface area (Å²) in [6.45, 7) is 0.882. The van der Waals surface area contributed by atoms with Gasteiger partial charge < -0.3 is 15.2 Å². The Morgan fingerprint density at radius 2 is 1.95 bits per heavy atom. The van der Waals surface area contributed by atoms with Gasteiger partial charge in [0.2, 0.25) is 0 Å². The number of hydrogen-bond donors (Lipinski definition) is 2. The molecule has 2 rings (SSSR count). The van der Waals surface area contributed by atoms with Gasteiger partial charge in [0, 0.05) is 32.2 Å². The first-order valence-corrected chi connectivity index (χ1v) is 5.98. The summed E-state index contributed by atoms with van der Waals surface area (Å²) in [6, 6.07) is 0. The molecule has 1 aromatic heterocycles. The van der Waals surface area contributed by atoms with Crippen LogP contribution in [0.4, 0.5) is 0 Å². The van der Waals surface area contributed by atoms with Crippen LogP contribution in [-0.4, -0.2) is 46.7 Å². The van der Waals surface area contributed by atoms with Crippen LogP contribution in [0.5, 0.6) is 0 Å². The van der Waals surface area contributed by atoms with Crippen LogP contribution in [0.25, 0.3) is 0 Å². The van der Waals surface area contributed by atoms with E-state index in [1.165, 1.54) is 18.7 Å². The lowest BCUT2D eigenvalue weighted by Crippen LogP contribution is -2.46. The van der Waals surface area contributed by atoms with Crippen LogP contribution in [0.2, 0.25) is 0 Å². The number of aromatic nitrogens is 2. The fraction of sp³-hybridized carbons (Fsp3) is 0.500. The largest absolute Gasteiger partial charge is 0.481 e. The van der Waals surface area contributed by atoms with E-state index in [-0.39, 0.29) is 12.5 Å². The van der Waals surface area contributed by atoms with Gasteiger partial charge in [0.1, 0.15) is 6.33 Å². The monoisotopic (exact) mass is 265 g/mol. The molecule has 0 aromatic carbocycles. The molecular formula is C12H15N3O4. The van der Waals surface area contributed by atoms with Crippen molar-refractivity contribution < 1.29 is 19.4 Å². The number of aliphatic carboxylic acids is 1. The number of nitrogens with zero attached hydrogens (tertiary/aromatic N) is 2. The van der Waals surface area contributed by atoms with E-state index in [0.717, 1.165) is 0 Å². The first kappa shape index (κ1) is 13.4. The lowest BCUT2D eigenvalue weighted by molar-refractivity contribution is -0.154. The average Bonchev–Trinajstić information content (AvgIpc) is 2.46.